The molecule has 0 N–H and O–H groups in total. The molecule has 0 bridgehead atoms. The van der Waals surface area contributed by atoms with Gasteiger partial charge in [0.15, 0.2) is 0 Å². The second-order valence-corrected chi connectivity index (χ2v) is 5.37. The largest absolute Gasteiger partial charge is 0.0616 e. The van der Waals surface area contributed by atoms with Gasteiger partial charge in [0.25, 0.3) is 0 Å². The molecule has 0 aliphatic rings. The van der Waals surface area contributed by atoms with Crippen LogP contribution in [-0.2, 0) is 0 Å². The fourth-order valence-electron chi connectivity index (χ4n) is 2.66. The van der Waals surface area contributed by atoms with E-state index in [9.17, 15) is 0 Å². The van der Waals surface area contributed by atoms with Crippen LogP contribution in [0.25, 0.3) is 21.5 Å². The van der Waals surface area contributed by atoms with Gasteiger partial charge < -0.3 is 0 Å². The van der Waals surface area contributed by atoms with Crippen molar-refractivity contribution >= 4 is 21.5 Å². The lowest BCUT2D eigenvalue weighted by Crippen LogP contribution is -1.88. The van der Waals surface area contributed by atoms with Crippen LogP contribution in [0, 0.1) is 6.92 Å². The summed E-state index contributed by atoms with van der Waals surface area (Å²) in [6.07, 6.45) is 0. The predicted octanol–water partition coefficient (Wildman–Crippen LogP) is 5.42. The molecule has 0 unspecified atom stereocenters. The minimum atomic E-state index is 0.578. The van der Waals surface area contributed by atoms with Crippen molar-refractivity contribution in [1.29, 1.82) is 0 Å². The van der Waals surface area contributed by atoms with Crippen molar-refractivity contribution in [3.05, 3.63) is 59.7 Å². The zero-order valence-corrected chi connectivity index (χ0v) is 11.2. The third kappa shape index (κ3) is 1.69. The maximum Gasteiger partial charge on any atom is -0.0102 e. The molecule has 0 aliphatic heterocycles. The van der Waals surface area contributed by atoms with Gasteiger partial charge in [-0.1, -0.05) is 62.4 Å². The molecule has 0 aromatic heterocycles. The Bertz CT molecular complexity index is 721. The Balaban J connectivity index is 2.46. The Morgan fingerprint density at radius 1 is 0.778 bits per heavy atom. The highest BCUT2D eigenvalue weighted by Gasteiger charge is 2.06. The average molecular weight is 234 g/mol. The van der Waals surface area contributed by atoms with Crippen molar-refractivity contribution in [1.82, 2.24) is 0 Å². The summed E-state index contributed by atoms with van der Waals surface area (Å²) >= 11 is 0. The molecule has 0 amide bonds. The molecular weight excluding hydrogens is 216 g/mol. The molecule has 0 atom stereocenters. The lowest BCUT2D eigenvalue weighted by Gasteiger charge is -2.11. The van der Waals surface area contributed by atoms with Gasteiger partial charge in [0.2, 0.25) is 0 Å². The number of aryl methyl sites for hydroxylation is 1. The summed E-state index contributed by atoms with van der Waals surface area (Å²) in [4.78, 5) is 0. The zero-order valence-electron chi connectivity index (χ0n) is 11.2. The van der Waals surface area contributed by atoms with E-state index in [1.54, 1.807) is 0 Å². The monoisotopic (exact) mass is 234 g/mol. The Labute approximate surface area is 108 Å². The number of hydrogen-bond acceptors (Lipinski definition) is 0. The van der Waals surface area contributed by atoms with Crippen LogP contribution in [0.15, 0.2) is 48.5 Å². The van der Waals surface area contributed by atoms with Crippen molar-refractivity contribution in [3.8, 4) is 0 Å². The van der Waals surface area contributed by atoms with Gasteiger partial charge in [0, 0.05) is 0 Å². The number of fused-ring (bicyclic) bond motifs is 3. The quantitative estimate of drug-likeness (QED) is 0.493. The molecular formula is C18H18. The fourth-order valence-corrected chi connectivity index (χ4v) is 2.66. The zero-order chi connectivity index (χ0) is 12.7. The summed E-state index contributed by atoms with van der Waals surface area (Å²) in [5.74, 6) is 0.578. The first kappa shape index (κ1) is 11.3. The molecule has 0 heteroatoms. The molecule has 90 valence electrons. The van der Waals surface area contributed by atoms with E-state index in [1.165, 1.54) is 32.7 Å². The Hall–Kier alpha value is -1.82. The van der Waals surface area contributed by atoms with Crippen LogP contribution >= 0.6 is 0 Å². The molecule has 0 saturated heterocycles. The molecule has 3 aromatic rings. The summed E-state index contributed by atoms with van der Waals surface area (Å²) in [5.41, 5.74) is 2.77. The van der Waals surface area contributed by atoms with Gasteiger partial charge in [0.1, 0.15) is 0 Å². The SMILES string of the molecule is Cc1cc2ccc(C(C)C)cc2c2ccccc12. The summed E-state index contributed by atoms with van der Waals surface area (Å²) < 4.78 is 0. The van der Waals surface area contributed by atoms with Gasteiger partial charge in [-0.2, -0.15) is 0 Å². The van der Waals surface area contributed by atoms with Gasteiger partial charge in [-0.25, -0.2) is 0 Å². The molecule has 0 aliphatic carbocycles. The maximum absolute atomic E-state index is 2.35. The summed E-state index contributed by atoms with van der Waals surface area (Å²) in [5, 5.41) is 5.46. The first-order valence-corrected chi connectivity index (χ1v) is 6.59. The topological polar surface area (TPSA) is 0 Å². The molecule has 0 heterocycles. The van der Waals surface area contributed by atoms with E-state index in [0.717, 1.165) is 0 Å². The van der Waals surface area contributed by atoms with E-state index in [-0.39, 0.29) is 0 Å². The second kappa shape index (κ2) is 4.13. The summed E-state index contributed by atoms with van der Waals surface area (Å²) in [7, 11) is 0. The van der Waals surface area contributed by atoms with E-state index >= 15 is 0 Å². The number of hydrogen-bond donors (Lipinski definition) is 0. The Kier molecular flexibility index (Phi) is 2.59. The van der Waals surface area contributed by atoms with E-state index in [2.05, 4.69) is 69.3 Å². The third-order valence-corrected chi connectivity index (χ3v) is 3.76. The molecule has 3 rings (SSSR count). The molecule has 3 aromatic carbocycles. The number of benzene rings is 3. The minimum absolute atomic E-state index is 0.578. The average Bonchev–Trinajstić information content (AvgIpc) is 2.38. The minimum Gasteiger partial charge on any atom is -0.0616 e. The van der Waals surface area contributed by atoms with Gasteiger partial charge in [-0.15, -0.1) is 0 Å². The molecule has 0 nitrogen and oxygen atoms in total. The summed E-state index contributed by atoms with van der Waals surface area (Å²) in [6.45, 7) is 6.69. The molecule has 0 radical (unpaired) electrons. The van der Waals surface area contributed by atoms with E-state index < -0.39 is 0 Å². The van der Waals surface area contributed by atoms with E-state index in [4.69, 9.17) is 0 Å². The van der Waals surface area contributed by atoms with Crippen molar-refractivity contribution < 1.29 is 0 Å². The molecule has 18 heavy (non-hydrogen) atoms. The lowest BCUT2D eigenvalue weighted by molar-refractivity contribution is 0.869. The summed E-state index contributed by atoms with van der Waals surface area (Å²) in [6, 6.07) is 17.8. The Morgan fingerprint density at radius 3 is 2.22 bits per heavy atom. The smallest absolute Gasteiger partial charge is 0.0102 e. The highest BCUT2D eigenvalue weighted by atomic mass is 14.1. The predicted molar refractivity (Wildman–Crippen MR) is 80.3 cm³/mol. The van der Waals surface area contributed by atoms with E-state index in [1.807, 2.05) is 0 Å². The van der Waals surface area contributed by atoms with Crippen molar-refractivity contribution in [2.45, 2.75) is 26.7 Å². The normalized spacial score (nSPS) is 11.6. The maximum atomic E-state index is 2.35. The van der Waals surface area contributed by atoms with Crippen LogP contribution in [0.2, 0.25) is 0 Å². The molecule has 0 saturated carbocycles. The van der Waals surface area contributed by atoms with Crippen LogP contribution in [0.3, 0.4) is 0 Å². The first-order valence-electron chi connectivity index (χ1n) is 6.59. The standard InChI is InChI=1S/C18H18/c1-12(2)14-8-9-15-10-13(3)16-6-4-5-7-17(16)18(15)11-14/h4-12H,1-3H3. The van der Waals surface area contributed by atoms with Crippen LogP contribution in [-0.4, -0.2) is 0 Å². The van der Waals surface area contributed by atoms with Crippen LogP contribution in [0.1, 0.15) is 30.9 Å². The van der Waals surface area contributed by atoms with Gasteiger partial charge in [0.05, 0.1) is 0 Å². The first-order chi connectivity index (χ1) is 8.66. The Morgan fingerprint density at radius 2 is 1.50 bits per heavy atom. The van der Waals surface area contributed by atoms with Gasteiger partial charge in [-0.3, -0.25) is 0 Å². The van der Waals surface area contributed by atoms with Crippen LogP contribution in [0.5, 0.6) is 0 Å². The number of rotatable bonds is 1. The van der Waals surface area contributed by atoms with Crippen molar-refractivity contribution in [3.63, 3.8) is 0 Å². The lowest BCUT2D eigenvalue weighted by atomic mass is 9.94. The third-order valence-electron chi connectivity index (χ3n) is 3.76. The van der Waals surface area contributed by atoms with Gasteiger partial charge >= 0.3 is 0 Å². The van der Waals surface area contributed by atoms with Crippen LogP contribution in [0.4, 0.5) is 0 Å². The molecule has 0 fully saturated rings. The van der Waals surface area contributed by atoms with Gasteiger partial charge in [-0.05, 0) is 45.5 Å². The fraction of sp³-hybridized carbons (Fsp3) is 0.222. The highest BCUT2D eigenvalue weighted by molar-refractivity contribution is 6.09. The van der Waals surface area contributed by atoms with Crippen molar-refractivity contribution in [2.75, 3.05) is 0 Å². The molecule has 0 spiro atoms. The second-order valence-electron chi connectivity index (χ2n) is 5.37. The van der Waals surface area contributed by atoms with Crippen LogP contribution < -0.4 is 0 Å². The highest BCUT2D eigenvalue weighted by Crippen LogP contribution is 2.30. The van der Waals surface area contributed by atoms with Crippen molar-refractivity contribution in [2.24, 2.45) is 0 Å². The van der Waals surface area contributed by atoms with E-state index in [0.29, 0.717) is 5.92 Å².